The summed E-state index contributed by atoms with van der Waals surface area (Å²) in [4.78, 5) is 11.3. The molecule has 192 valence electrons. The van der Waals surface area contributed by atoms with E-state index in [1.54, 1.807) is 0 Å². The fraction of sp³-hybridized carbons (Fsp3) is 0.0870. The zero-order valence-corrected chi connectivity index (χ0v) is 19.0. The summed E-state index contributed by atoms with van der Waals surface area (Å²) >= 11 is 0. The van der Waals surface area contributed by atoms with E-state index in [1.165, 1.54) is 42.6 Å². The summed E-state index contributed by atoms with van der Waals surface area (Å²) < 4.78 is 117. The Morgan fingerprint density at radius 1 is 0.757 bits per heavy atom. The Labute approximate surface area is 204 Å². The molecule has 0 radical (unpaired) electrons. The minimum Gasteiger partial charge on any atom is -0.256 e. The number of nitrogens with two attached hydrogens (primary N) is 1. The molecule has 2 heterocycles. The summed E-state index contributed by atoms with van der Waals surface area (Å²) in [6, 6.07) is 9.63. The first-order valence-electron chi connectivity index (χ1n) is 10.1. The Bertz CT molecular complexity index is 1600. The van der Waals surface area contributed by atoms with Crippen LogP contribution in [-0.2, 0) is 22.4 Å². The number of primary sulfonamides is 1. The van der Waals surface area contributed by atoms with Crippen molar-refractivity contribution in [2.24, 2.45) is 5.14 Å². The number of hydrogen-bond acceptors (Lipinski definition) is 5. The van der Waals surface area contributed by atoms with E-state index in [4.69, 9.17) is 5.14 Å². The molecule has 0 amide bonds. The summed E-state index contributed by atoms with van der Waals surface area (Å²) in [6.45, 7) is 0. The number of sulfonamides is 1. The van der Waals surface area contributed by atoms with Gasteiger partial charge in [0.15, 0.2) is 5.82 Å². The molecule has 2 N–H and O–H groups in total. The highest BCUT2D eigenvalue weighted by atomic mass is 32.2. The van der Waals surface area contributed by atoms with Crippen LogP contribution in [0.15, 0.2) is 71.8 Å². The average molecular weight is 542 g/mol. The molecule has 0 unspecified atom stereocenters. The average Bonchev–Trinajstić information content (AvgIpc) is 2.82. The first kappa shape index (κ1) is 26.2. The third-order valence-corrected chi connectivity index (χ3v) is 5.98. The van der Waals surface area contributed by atoms with Crippen LogP contribution in [0.2, 0.25) is 0 Å². The first-order chi connectivity index (χ1) is 17.1. The summed E-state index contributed by atoms with van der Waals surface area (Å²) in [6.07, 6.45) is -8.65. The lowest BCUT2D eigenvalue weighted by Gasteiger charge is -2.13. The summed E-state index contributed by atoms with van der Waals surface area (Å²) in [5.41, 5.74) is -3.59. The van der Waals surface area contributed by atoms with Crippen molar-refractivity contribution in [3.05, 3.63) is 83.9 Å². The second-order valence-electron chi connectivity index (χ2n) is 7.65. The molecule has 0 spiro atoms. The highest BCUT2D eigenvalue weighted by molar-refractivity contribution is 7.89. The van der Waals surface area contributed by atoms with Crippen molar-refractivity contribution in [1.82, 2.24) is 15.0 Å². The standard InChI is InChI=1S/C23H13F7N4O2S/c24-17-10-14(22(25,26)27)4-5-16(17)19-11-20(23(28,29)30)34-21(33-19)13-6-7-32-18(9-13)12-2-1-3-15(8-12)37(31,35)36/h1-11H,(H2,31,35,36). The van der Waals surface area contributed by atoms with Gasteiger partial charge in [-0.25, -0.2) is 27.9 Å². The van der Waals surface area contributed by atoms with Crippen LogP contribution >= 0.6 is 0 Å². The lowest BCUT2D eigenvalue weighted by atomic mass is 10.1. The molecule has 0 aliphatic heterocycles. The molecule has 14 heteroatoms. The van der Waals surface area contributed by atoms with Crippen molar-refractivity contribution < 1.29 is 39.2 Å². The Morgan fingerprint density at radius 2 is 1.49 bits per heavy atom. The monoisotopic (exact) mass is 542 g/mol. The van der Waals surface area contributed by atoms with Crippen molar-refractivity contribution in [2.75, 3.05) is 0 Å². The van der Waals surface area contributed by atoms with Crippen molar-refractivity contribution in [3.63, 3.8) is 0 Å². The molecule has 4 rings (SSSR count). The topological polar surface area (TPSA) is 98.8 Å². The molecule has 0 saturated carbocycles. The van der Waals surface area contributed by atoms with Gasteiger partial charge in [0.25, 0.3) is 0 Å². The predicted molar refractivity (Wildman–Crippen MR) is 117 cm³/mol. The number of benzene rings is 2. The largest absolute Gasteiger partial charge is 0.433 e. The number of pyridine rings is 1. The van der Waals surface area contributed by atoms with Crippen LogP contribution in [0.4, 0.5) is 30.7 Å². The van der Waals surface area contributed by atoms with Crippen LogP contribution in [0.3, 0.4) is 0 Å². The smallest absolute Gasteiger partial charge is 0.256 e. The van der Waals surface area contributed by atoms with Crippen molar-refractivity contribution in [2.45, 2.75) is 17.2 Å². The molecule has 6 nitrogen and oxygen atoms in total. The quantitative estimate of drug-likeness (QED) is 0.334. The van der Waals surface area contributed by atoms with Gasteiger partial charge in [0.1, 0.15) is 11.5 Å². The van der Waals surface area contributed by atoms with E-state index in [1.807, 2.05) is 0 Å². The van der Waals surface area contributed by atoms with Crippen LogP contribution in [0, 0.1) is 5.82 Å². The summed E-state index contributed by atoms with van der Waals surface area (Å²) in [7, 11) is -4.05. The third-order valence-electron chi connectivity index (χ3n) is 5.07. The molecule has 0 saturated heterocycles. The van der Waals surface area contributed by atoms with Gasteiger partial charge in [-0.1, -0.05) is 12.1 Å². The Balaban J connectivity index is 1.85. The number of rotatable bonds is 4. The van der Waals surface area contributed by atoms with Crippen LogP contribution in [-0.4, -0.2) is 23.4 Å². The molecule has 4 aromatic rings. The molecular weight excluding hydrogens is 529 g/mol. The van der Waals surface area contributed by atoms with Gasteiger partial charge in [-0.15, -0.1) is 0 Å². The van der Waals surface area contributed by atoms with Crippen molar-refractivity contribution in [3.8, 4) is 33.9 Å². The Hall–Kier alpha value is -3.91. The fourth-order valence-corrected chi connectivity index (χ4v) is 3.88. The number of alkyl halides is 6. The van der Waals surface area contributed by atoms with Gasteiger partial charge in [0, 0.05) is 22.9 Å². The van der Waals surface area contributed by atoms with Crippen LogP contribution in [0.5, 0.6) is 0 Å². The van der Waals surface area contributed by atoms with Gasteiger partial charge in [-0.2, -0.15) is 26.3 Å². The van der Waals surface area contributed by atoms with Gasteiger partial charge in [0.05, 0.1) is 21.8 Å². The molecule has 0 aliphatic rings. The molecule has 37 heavy (non-hydrogen) atoms. The zero-order valence-electron chi connectivity index (χ0n) is 18.1. The van der Waals surface area contributed by atoms with Gasteiger partial charge in [-0.05, 0) is 48.5 Å². The maximum atomic E-state index is 14.5. The number of hydrogen-bond donors (Lipinski definition) is 1. The first-order valence-corrected chi connectivity index (χ1v) is 11.6. The predicted octanol–water partition coefficient (Wildman–Crippen LogP) is 5.70. The molecule has 0 atom stereocenters. The lowest BCUT2D eigenvalue weighted by molar-refractivity contribution is -0.141. The SMILES string of the molecule is NS(=O)(=O)c1cccc(-c2cc(-c3nc(-c4ccc(C(F)(F)F)cc4F)cc(C(F)(F)F)n3)ccn2)c1. The van der Waals surface area contributed by atoms with E-state index in [0.29, 0.717) is 18.2 Å². The van der Waals surface area contributed by atoms with E-state index in [2.05, 4.69) is 15.0 Å². The van der Waals surface area contributed by atoms with E-state index < -0.39 is 56.5 Å². The van der Waals surface area contributed by atoms with Gasteiger partial charge >= 0.3 is 12.4 Å². The minimum atomic E-state index is -4.99. The Kier molecular flexibility index (Phi) is 6.50. The number of halogens is 7. The maximum Gasteiger partial charge on any atom is 0.433 e. The van der Waals surface area contributed by atoms with Crippen LogP contribution in [0.1, 0.15) is 11.3 Å². The van der Waals surface area contributed by atoms with E-state index in [9.17, 15) is 39.2 Å². The minimum absolute atomic E-state index is 0.00863. The van der Waals surface area contributed by atoms with E-state index in [-0.39, 0.29) is 27.8 Å². The summed E-state index contributed by atoms with van der Waals surface area (Å²) in [5.74, 6) is -1.95. The van der Waals surface area contributed by atoms with Gasteiger partial charge in [0.2, 0.25) is 10.0 Å². The molecule has 0 bridgehead atoms. The number of aromatic nitrogens is 3. The Morgan fingerprint density at radius 3 is 2.11 bits per heavy atom. The molecule has 2 aromatic carbocycles. The highest BCUT2D eigenvalue weighted by Gasteiger charge is 2.35. The normalized spacial score (nSPS) is 12.5. The second-order valence-corrected chi connectivity index (χ2v) is 9.22. The molecule has 2 aromatic heterocycles. The second kappa shape index (κ2) is 9.19. The fourth-order valence-electron chi connectivity index (χ4n) is 3.32. The zero-order chi connectivity index (χ0) is 27.2. The van der Waals surface area contributed by atoms with Crippen molar-refractivity contribution >= 4 is 10.0 Å². The van der Waals surface area contributed by atoms with Crippen molar-refractivity contribution in [1.29, 1.82) is 0 Å². The summed E-state index contributed by atoms with van der Waals surface area (Å²) in [5, 5.41) is 5.13. The highest BCUT2D eigenvalue weighted by Crippen LogP contribution is 2.36. The van der Waals surface area contributed by atoms with E-state index >= 15 is 0 Å². The van der Waals surface area contributed by atoms with E-state index in [0.717, 1.165) is 0 Å². The third kappa shape index (κ3) is 5.75. The van der Waals surface area contributed by atoms with Crippen LogP contribution in [0.25, 0.3) is 33.9 Å². The molecule has 0 fully saturated rings. The van der Waals surface area contributed by atoms with Gasteiger partial charge < -0.3 is 0 Å². The van der Waals surface area contributed by atoms with Crippen LogP contribution < -0.4 is 5.14 Å². The number of nitrogens with zero attached hydrogens (tertiary/aromatic N) is 3. The lowest BCUT2D eigenvalue weighted by Crippen LogP contribution is -2.12. The van der Waals surface area contributed by atoms with Gasteiger partial charge in [-0.3, -0.25) is 4.98 Å². The molecular formula is C23H13F7N4O2S. The maximum absolute atomic E-state index is 14.5. The molecule has 0 aliphatic carbocycles.